The van der Waals surface area contributed by atoms with E-state index in [1.807, 2.05) is 25.1 Å². The van der Waals surface area contributed by atoms with E-state index in [2.05, 4.69) is 22.6 Å². The zero-order valence-electron chi connectivity index (χ0n) is 20.0. The van der Waals surface area contributed by atoms with Gasteiger partial charge in [0.2, 0.25) is 0 Å². The first kappa shape index (κ1) is 25.1. The third kappa shape index (κ3) is 5.98. The predicted octanol–water partition coefficient (Wildman–Crippen LogP) is 4.55. The molecule has 1 amide bonds. The molecule has 0 saturated carbocycles. The zero-order valence-corrected chi connectivity index (χ0v) is 20.8. The van der Waals surface area contributed by atoms with Gasteiger partial charge in [-0.05, 0) is 73.9 Å². The predicted molar refractivity (Wildman–Crippen MR) is 141 cm³/mol. The molecule has 0 fully saturated rings. The summed E-state index contributed by atoms with van der Waals surface area (Å²) in [6.45, 7) is 4.08. The number of aliphatic carboxylic acids is 1. The first-order valence-electron chi connectivity index (χ1n) is 11.6. The molecule has 4 aromatic rings. The standard InChI is InChI=1S/C27H26N4O4S/c1-3-18-5-7-19(8-6-18)25(32)28-20-9-11-21(12-10-20)36-24(27(34)35)14-15-31-26(33)22-16-17(2)4-13-23(22)29-30-31/h4-13,16,24H,3,14-15H2,1-2H3,(H,28,32)(H,34,35). The van der Waals surface area contributed by atoms with Crippen LogP contribution in [0.1, 0.15) is 34.8 Å². The van der Waals surface area contributed by atoms with E-state index < -0.39 is 11.2 Å². The highest BCUT2D eigenvalue weighted by Crippen LogP contribution is 2.27. The molecule has 2 N–H and O–H groups in total. The Kier molecular flexibility index (Phi) is 7.80. The van der Waals surface area contributed by atoms with E-state index >= 15 is 0 Å². The van der Waals surface area contributed by atoms with Crippen molar-refractivity contribution < 1.29 is 14.7 Å². The van der Waals surface area contributed by atoms with Crippen LogP contribution in [0.3, 0.4) is 0 Å². The molecule has 1 aromatic heterocycles. The number of carboxylic acid groups (broad SMARTS) is 1. The molecular weight excluding hydrogens is 476 g/mol. The molecule has 1 atom stereocenters. The number of hydrogen-bond donors (Lipinski definition) is 2. The van der Waals surface area contributed by atoms with Gasteiger partial charge in [0, 0.05) is 22.7 Å². The second-order valence-corrected chi connectivity index (χ2v) is 9.68. The van der Waals surface area contributed by atoms with Crippen molar-refractivity contribution in [3.05, 3.63) is 93.8 Å². The Morgan fingerprint density at radius 1 is 1.06 bits per heavy atom. The van der Waals surface area contributed by atoms with E-state index in [9.17, 15) is 19.5 Å². The SMILES string of the molecule is CCc1ccc(C(=O)Nc2ccc(SC(CCn3nnc4ccc(C)cc4c3=O)C(=O)O)cc2)cc1. The van der Waals surface area contributed by atoms with Crippen molar-refractivity contribution in [2.45, 2.75) is 43.4 Å². The Morgan fingerprint density at radius 2 is 1.78 bits per heavy atom. The Morgan fingerprint density at radius 3 is 2.44 bits per heavy atom. The number of carboxylic acids is 1. The van der Waals surface area contributed by atoms with E-state index in [1.54, 1.807) is 48.5 Å². The molecule has 0 bridgehead atoms. The fraction of sp³-hybridized carbons (Fsp3) is 0.222. The van der Waals surface area contributed by atoms with Crippen LogP contribution >= 0.6 is 11.8 Å². The number of aryl methyl sites for hydroxylation is 3. The molecule has 8 nitrogen and oxygen atoms in total. The summed E-state index contributed by atoms with van der Waals surface area (Å²) in [5, 5.41) is 20.3. The topological polar surface area (TPSA) is 114 Å². The van der Waals surface area contributed by atoms with Crippen LogP contribution in [0.15, 0.2) is 76.4 Å². The van der Waals surface area contributed by atoms with Crippen LogP contribution in [0.4, 0.5) is 5.69 Å². The summed E-state index contributed by atoms with van der Waals surface area (Å²) in [6.07, 6.45) is 1.10. The summed E-state index contributed by atoms with van der Waals surface area (Å²) in [5.41, 5.74) is 3.50. The summed E-state index contributed by atoms with van der Waals surface area (Å²) in [4.78, 5) is 37.9. The Hall–Kier alpha value is -3.98. The van der Waals surface area contributed by atoms with Gasteiger partial charge < -0.3 is 10.4 Å². The maximum Gasteiger partial charge on any atom is 0.317 e. The minimum absolute atomic E-state index is 0.130. The lowest BCUT2D eigenvalue weighted by molar-refractivity contribution is -0.136. The highest BCUT2D eigenvalue weighted by molar-refractivity contribution is 8.00. The molecule has 4 rings (SSSR count). The van der Waals surface area contributed by atoms with E-state index in [-0.39, 0.29) is 24.4 Å². The summed E-state index contributed by atoms with van der Waals surface area (Å²) < 4.78 is 1.21. The average Bonchev–Trinajstić information content (AvgIpc) is 2.88. The smallest absolute Gasteiger partial charge is 0.317 e. The van der Waals surface area contributed by atoms with E-state index in [1.165, 1.54) is 16.4 Å². The number of aromatic nitrogens is 3. The third-order valence-electron chi connectivity index (χ3n) is 5.77. The number of rotatable bonds is 9. The largest absolute Gasteiger partial charge is 0.480 e. The number of hydrogen-bond acceptors (Lipinski definition) is 6. The Bertz CT molecular complexity index is 1450. The molecule has 0 saturated heterocycles. The number of amides is 1. The maximum atomic E-state index is 12.8. The average molecular weight is 503 g/mol. The number of nitrogens with one attached hydrogen (secondary N) is 1. The van der Waals surface area contributed by atoms with Crippen LogP contribution in [-0.2, 0) is 17.8 Å². The summed E-state index contributed by atoms with van der Waals surface area (Å²) in [5.74, 6) is -1.19. The quantitative estimate of drug-likeness (QED) is 0.323. The molecule has 1 heterocycles. The summed E-state index contributed by atoms with van der Waals surface area (Å²) in [6, 6.07) is 19.8. The van der Waals surface area contributed by atoms with Crippen molar-refractivity contribution in [3.8, 4) is 0 Å². The van der Waals surface area contributed by atoms with Crippen LogP contribution in [0, 0.1) is 6.92 Å². The van der Waals surface area contributed by atoms with Gasteiger partial charge >= 0.3 is 5.97 Å². The lowest BCUT2D eigenvalue weighted by atomic mass is 10.1. The maximum absolute atomic E-state index is 12.8. The summed E-state index contributed by atoms with van der Waals surface area (Å²) >= 11 is 1.18. The van der Waals surface area contributed by atoms with Crippen LogP contribution in [0.5, 0.6) is 0 Å². The van der Waals surface area contributed by atoms with Gasteiger partial charge in [-0.15, -0.1) is 16.9 Å². The molecule has 1 unspecified atom stereocenters. The lowest BCUT2D eigenvalue weighted by Crippen LogP contribution is -2.27. The number of carbonyl (C=O) groups excluding carboxylic acids is 1. The van der Waals surface area contributed by atoms with Crippen molar-refractivity contribution in [2.75, 3.05) is 5.32 Å². The van der Waals surface area contributed by atoms with Crippen molar-refractivity contribution >= 4 is 40.2 Å². The minimum atomic E-state index is -0.981. The van der Waals surface area contributed by atoms with Gasteiger partial charge in [-0.25, -0.2) is 4.68 Å². The molecule has 0 spiro atoms. The Balaban J connectivity index is 1.39. The van der Waals surface area contributed by atoms with Crippen LogP contribution < -0.4 is 10.9 Å². The summed E-state index contributed by atoms with van der Waals surface area (Å²) in [7, 11) is 0. The van der Waals surface area contributed by atoms with Crippen molar-refractivity contribution in [1.29, 1.82) is 0 Å². The Labute approximate surface area is 212 Å². The van der Waals surface area contributed by atoms with Gasteiger partial charge in [0.25, 0.3) is 11.5 Å². The normalized spacial score (nSPS) is 11.8. The third-order valence-corrected chi connectivity index (χ3v) is 7.04. The highest BCUT2D eigenvalue weighted by Gasteiger charge is 2.20. The molecular formula is C27H26N4O4S. The van der Waals surface area contributed by atoms with Crippen molar-refractivity contribution in [3.63, 3.8) is 0 Å². The number of nitrogens with zero attached hydrogens (tertiary/aromatic N) is 3. The van der Waals surface area contributed by atoms with Crippen molar-refractivity contribution in [1.82, 2.24) is 15.0 Å². The van der Waals surface area contributed by atoms with Gasteiger partial charge in [-0.1, -0.05) is 35.9 Å². The van der Waals surface area contributed by atoms with Gasteiger partial charge in [0.15, 0.2) is 0 Å². The number of anilines is 1. The molecule has 0 aliphatic heterocycles. The number of benzene rings is 3. The van der Waals surface area contributed by atoms with Crippen LogP contribution in [-0.4, -0.2) is 37.2 Å². The van der Waals surface area contributed by atoms with E-state index in [4.69, 9.17) is 0 Å². The second-order valence-electron chi connectivity index (χ2n) is 8.40. The molecule has 9 heteroatoms. The zero-order chi connectivity index (χ0) is 25.7. The molecule has 0 aliphatic carbocycles. The molecule has 3 aromatic carbocycles. The fourth-order valence-corrected chi connectivity index (χ4v) is 4.63. The molecule has 184 valence electrons. The number of thioether (sulfide) groups is 1. The lowest BCUT2D eigenvalue weighted by Gasteiger charge is -2.13. The molecule has 0 radical (unpaired) electrons. The first-order chi connectivity index (χ1) is 17.3. The van der Waals surface area contributed by atoms with E-state index in [0.717, 1.165) is 22.4 Å². The molecule has 36 heavy (non-hydrogen) atoms. The second kappa shape index (κ2) is 11.2. The van der Waals surface area contributed by atoms with Crippen LogP contribution in [0.25, 0.3) is 10.9 Å². The van der Waals surface area contributed by atoms with Crippen molar-refractivity contribution in [2.24, 2.45) is 0 Å². The first-order valence-corrected chi connectivity index (χ1v) is 12.5. The van der Waals surface area contributed by atoms with E-state index in [0.29, 0.717) is 22.2 Å². The monoisotopic (exact) mass is 502 g/mol. The fourth-order valence-electron chi connectivity index (χ4n) is 3.69. The van der Waals surface area contributed by atoms with Gasteiger partial charge in [0.1, 0.15) is 10.8 Å². The highest BCUT2D eigenvalue weighted by atomic mass is 32.2. The van der Waals surface area contributed by atoms with Gasteiger partial charge in [-0.3, -0.25) is 14.4 Å². The van der Waals surface area contributed by atoms with Crippen LogP contribution in [0.2, 0.25) is 0 Å². The van der Waals surface area contributed by atoms with Gasteiger partial charge in [-0.2, -0.15) is 0 Å². The van der Waals surface area contributed by atoms with Gasteiger partial charge in [0.05, 0.1) is 5.39 Å². The minimum Gasteiger partial charge on any atom is -0.480 e. The number of carbonyl (C=O) groups is 2. The molecule has 0 aliphatic rings. The number of fused-ring (bicyclic) bond motifs is 1.